The fourth-order valence-corrected chi connectivity index (χ4v) is 1.78. The number of nitrogens with zero attached hydrogens (tertiary/aromatic N) is 3. The number of thiazole rings is 1. The second kappa shape index (κ2) is 3.22. The van der Waals surface area contributed by atoms with Gasteiger partial charge in [0.25, 0.3) is 0 Å². The summed E-state index contributed by atoms with van der Waals surface area (Å²) in [6, 6.07) is 0. The van der Waals surface area contributed by atoms with E-state index in [4.69, 9.17) is 5.11 Å². The Bertz CT molecular complexity index is 461. The standard InChI is InChI=1S/C8H7N3O2S/c1-11-4-5(8(12)13)6(10-11)7-9-2-3-14-7/h2-4H,1H3,(H,12,13). The molecule has 0 saturated heterocycles. The molecule has 0 atom stereocenters. The predicted octanol–water partition coefficient (Wildman–Crippen LogP) is 1.24. The van der Waals surface area contributed by atoms with Crippen LogP contribution < -0.4 is 0 Å². The van der Waals surface area contributed by atoms with E-state index in [1.165, 1.54) is 22.2 Å². The lowest BCUT2D eigenvalue weighted by atomic mass is 10.2. The Labute approximate surface area is 83.6 Å². The Morgan fingerprint density at radius 1 is 1.64 bits per heavy atom. The van der Waals surface area contributed by atoms with E-state index in [1.807, 2.05) is 0 Å². The summed E-state index contributed by atoms with van der Waals surface area (Å²) in [5.74, 6) is -0.983. The summed E-state index contributed by atoms with van der Waals surface area (Å²) in [5.41, 5.74) is 0.609. The molecule has 0 bridgehead atoms. The van der Waals surface area contributed by atoms with Crippen molar-refractivity contribution in [2.24, 2.45) is 7.05 Å². The van der Waals surface area contributed by atoms with E-state index in [2.05, 4.69) is 10.1 Å². The molecule has 1 N–H and O–H groups in total. The summed E-state index contributed by atoms with van der Waals surface area (Å²) in [6.45, 7) is 0. The van der Waals surface area contributed by atoms with E-state index in [1.54, 1.807) is 18.6 Å². The summed E-state index contributed by atoms with van der Waals surface area (Å²) in [6.07, 6.45) is 3.10. The van der Waals surface area contributed by atoms with Crippen molar-refractivity contribution in [2.75, 3.05) is 0 Å². The zero-order valence-corrected chi connectivity index (χ0v) is 8.15. The number of carbonyl (C=O) groups is 1. The lowest BCUT2D eigenvalue weighted by molar-refractivity contribution is 0.0697. The molecule has 0 saturated carbocycles. The van der Waals surface area contributed by atoms with Crippen LogP contribution in [0.15, 0.2) is 17.8 Å². The van der Waals surface area contributed by atoms with E-state index in [-0.39, 0.29) is 5.56 Å². The van der Waals surface area contributed by atoms with E-state index >= 15 is 0 Å². The second-order valence-electron chi connectivity index (χ2n) is 2.71. The van der Waals surface area contributed by atoms with Crippen LogP contribution in [-0.4, -0.2) is 25.8 Å². The average Bonchev–Trinajstić information content (AvgIpc) is 2.70. The Kier molecular flexibility index (Phi) is 2.05. The third-order valence-electron chi connectivity index (χ3n) is 1.69. The van der Waals surface area contributed by atoms with Crippen molar-refractivity contribution < 1.29 is 9.90 Å². The number of hydrogen-bond donors (Lipinski definition) is 1. The monoisotopic (exact) mass is 209 g/mol. The molecule has 2 rings (SSSR count). The number of aromatic carboxylic acids is 1. The number of aryl methyl sites for hydroxylation is 1. The van der Waals surface area contributed by atoms with Crippen LogP contribution in [0.25, 0.3) is 10.7 Å². The van der Waals surface area contributed by atoms with Gasteiger partial charge < -0.3 is 5.11 Å². The van der Waals surface area contributed by atoms with Gasteiger partial charge in [-0.15, -0.1) is 11.3 Å². The smallest absolute Gasteiger partial charge is 0.339 e. The highest BCUT2D eigenvalue weighted by Crippen LogP contribution is 2.23. The van der Waals surface area contributed by atoms with E-state index in [9.17, 15) is 4.79 Å². The minimum atomic E-state index is -0.983. The van der Waals surface area contributed by atoms with Gasteiger partial charge in [0.1, 0.15) is 16.3 Å². The molecule has 0 amide bonds. The van der Waals surface area contributed by atoms with Gasteiger partial charge in [-0.05, 0) is 0 Å². The summed E-state index contributed by atoms with van der Waals surface area (Å²) in [4.78, 5) is 14.9. The van der Waals surface area contributed by atoms with Crippen molar-refractivity contribution in [3.8, 4) is 10.7 Å². The van der Waals surface area contributed by atoms with Gasteiger partial charge in [-0.2, -0.15) is 5.10 Å². The van der Waals surface area contributed by atoms with Crippen molar-refractivity contribution in [1.82, 2.24) is 14.8 Å². The maximum Gasteiger partial charge on any atom is 0.339 e. The van der Waals surface area contributed by atoms with Gasteiger partial charge in [-0.3, -0.25) is 4.68 Å². The zero-order chi connectivity index (χ0) is 10.1. The minimum Gasteiger partial charge on any atom is -0.478 e. The van der Waals surface area contributed by atoms with Crippen molar-refractivity contribution in [3.63, 3.8) is 0 Å². The number of rotatable bonds is 2. The van der Waals surface area contributed by atoms with Crippen molar-refractivity contribution >= 4 is 17.3 Å². The highest BCUT2D eigenvalue weighted by Gasteiger charge is 2.17. The van der Waals surface area contributed by atoms with Gasteiger partial charge in [0.2, 0.25) is 0 Å². The van der Waals surface area contributed by atoms with Crippen LogP contribution >= 0.6 is 11.3 Å². The third kappa shape index (κ3) is 1.39. The topological polar surface area (TPSA) is 68.0 Å². The van der Waals surface area contributed by atoms with Crippen molar-refractivity contribution in [3.05, 3.63) is 23.3 Å². The largest absolute Gasteiger partial charge is 0.478 e. The molecule has 2 heterocycles. The molecule has 14 heavy (non-hydrogen) atoms. The Hall–Kier alpha value is -1.69. The van der Waals surface area contributed by atoms with Crippen LogP contribution in [0.4, 0.5) is 0 Å². The summed E-state index contributed by atoms with van der Waals surface area (Å²) in [5, 5.41) is 15.4. The summed E-state index contributed by atoms with van der Waals surface area (Å²) >= 11 is 1.37. The summed E-state index contributed by atoms with van der Waals surface area (Å²) < 4.78 is 1.47. The number of hydrogen-bond acceptors (Lipinski definition) is 4. The highest BCUT2D eigenvalue weighted by molar-refractivity contribution is 7.13. The first-order valence-electron chi connectivity index (χ1n) is 3.85. The van der Waals surface area contributed by atoms with Gasteiger partial charge in [-0.1, -0.05) is 0 Å². The molecule has 72 valence electrons. The highest BCUT2D eigenvalue weighted by atomic mass is 32.1. The van der Waals surface area contributed by atoms with Crippen LogP contribution in [0, 0.1) is 0 Å². The van der Waals surface area contributed by atoms with E-state index < -0.39 is 5.97 Å². The van der Waals surface area contributed by atoms with Crippen LogP contribution in [0.3, 0.4) is 0 Å². The Balaban J connectivity index is 2.58. The molecule has 0 aromatic carbocycles. The average molecular weight is 209 g/mol. The molecule has 2 aromatic heterocycles. The van der Waals surface area contributed by atoms with Gasteiger partial charge >= 0.3 is 5.97 Å². The number of aromatic nitrogens is 3. The molecule has 0 spiro atoms. The fourth-order valence-electron chi connectivity index (χ4n) is 1.14. The lowest BCUT2D eigenvalue weighted by Gasteiger charge is -1.90. The van der Waals surface area contributed by atoms with Gasteiger partial charge in [-0.25, -0.2) is 9.78 Å². The van der Waals surface area contributed by atoms with Crippen molar-refractivity contribution in [2.45, 2.75) is 0 Å². The first-order chi connectivity index (χ1) is 6.68. The quantitative estimate of drug-likeness (QED) is 0.808. The number of carboxylic acid groups (broad SMARTS) is 1. The normalized spacial score (nSPS) is 10.4. The second-order valence-corrected chi connectivity index (χ2v) is 3.60. The minimum absolute atomic E-state index is 0.183. The first-order valence-corrected chi connectivity index (χ1v) is 4.73. The van der Waals surface area contributed by atoms with E-state index in [0.29, 0.717) is 10.7 Å². The molecule has 0 radical (unpaired) electrons. The van der Waals surface area contributed by atoms with Gasteiger partial charge in [0.15, 0.2) is 0 Å². The molecule has 0 aliphatic heterocycles. The first kappa shape index (κ1) is 8.89. The molecular weight excluding hydrogens is 202 g/mol. The van der Waals surface area contributed by atoms with Crippen LogP contribution in [0.1, 0.15) is 10.4 Å². The van der Waals surface area contributed by atoms with Crippen molar-refractivity contribution in [1.29, 1.82) is 0 Å². The molecule has 2 aromatic rings. The lowest BCUT2D eigenvalue weighted by Crippen LogP contribution is -1.96. The number of carboxylic acids is 1. The van der Waals surface area contributed by atoms with Crippen LogP contribution in [0.2, 0.25) is 0 Å². The SMILES string of the molecule is Cn1cc(C(=O)O)c(-c2nccs2)n1. The molecule has 0 unspecified atom stereocenters. The molecule has 5 nitrogen and oxygen atoms in total. The zero-order valence-electron chi connectivity index (χ0n) is 7.34. The fraction of sp³-hybridized carbons (Fsp3) is 0.125. The predicted molar refractivity (Wildman–Crippen MR) is 51.3 cm³/mol. The Morgan fingerprint density at radius 3 is 3.00 bits per heavy atom. The van der Waals surface area contributed by atoms with Gasteiger partial charge in [0.05, 0.1) is 0 Å². The maximum absolute atomic E-state index is 10.9. The molecule has 6 heteroatoms. The van der Waals surface area contributed by atoms with E-state index in [0.717, 1.165) is 0 Å². The molecular formula is C8H7N3O2S. The summed E-state index contributed by atoms with van der Waals surface area (Å²) in [7, 11) is 1.68. The molecule has 0 aliphatic carbocycles. The maximum atomic E-state index is 10.9. The third-order valence-corrected chi connectivity index (χ3v) is 2.47. The van der Waals surface area contributed by atoms with Gasteiger partial charge in [0, 0.05) is 24.8 Å². The molecule has 0 fully saturated rings. The Morgan fingerprint density at radius 2 is 2.43 bits per heavy atom. The molecule has 0 aliphatic rings. The van der Waals surface area contributed by atoms with Crippen LogP contribution in [-0.2, 0) is 7.05 Å². The van der Waals surface area contributed by atoms with Crippen LogP contribution in [0.5, 0.6) is 0 Å².